The Labute approximate surface area is 108 Å². The Bertz CT molecular complexity index is 448. The van der Waals surface area contributed by atoms with Crippen molar-refractivity contribution >= 4 is 5.69 Å². The molecule has 0 bridgehead atoms. The standard InChI is InChI=1S/C15H21FN2/c1-11(2)18-8-6-15(7-9-18)10-17-14-12(15)4-3-5-13(14)16/h3-5,11,17H,6-10H2,1-2H3. The van der Waals surface area contributed by atoms with Crippen molar-refractivity contribution < 1.29 is 4.39 Å². The van der Waals surface area contributed by atoms with Crippen LogP contribution in [0.15, 0.2) is 18.2 Å². The summed E-state index contributed by atoms with van der Waals surface area (Å²) in [7, 11) is 0. The van der Waals surface area contributed by atoms with Crippen LogP contribution in [0.1, 0.15) is 32.3 Å². The lowest BCUT2D eigenvalue weighted by Gasteiger charge is -2.41. The fourth-order valence-electron chi connectivity index (χ4n) is 3.41. The van der Waals surface area contributed by atoms with Gasteiger partial charge < -0.3 is 10.2 Å². The number of hydrogen-bond acceptors (Lipinski definition) is 2. The molecule has 1 spiro atoms. The number of nitrogens with one attached hydrogen (secondary N) is 1. The molecule has 18 heavy (non-hydrogen) atoms. The normalized spacial score (nSPS) is 22.2. The first-order valence-electron chi connectivity index (χ1n) is 6.89. The molecule has 1 aromatic carbocycles. The van der Waals surface area contributed by atoms with Gasteiger partial charge in [0.1, 0.15) is 5.82 Å². The molecule has 1 N–H and O–H groups in total. The van der Waals surface area contributed by atoms with Crippen LogP contribution < -0.4 is 5.32 Å². The summed E-state index contributed by atoms with van der Waals surface area (Å²) in [6.45, 7) is 7.64. The van der Waals surface area contributed by atoms with Gasteiger partial charge in [-0.1, -0.05) is 12.1 Å². The van der Waals surface area contributed by atoms with Crippen molar-refractivity contribution in [2.75, 3.05) is 25.0 Å². The second kappa shape index (κ2) is 4.23. The van der Waals surface area contributed by atoms with Crippen LogP contribution in [-0.2, 0) is 5.41 Å². The van der Waals surface area contributed by atoms with Gasteiger partial charge in [-0.3, -0.25) is 0 Å². The van der Waals surface area contributed by atoms with Crippen LogP contribution in [0.3, 0.4) is 0 Å². The molecule has 2 heterocycles. The maximum Gasteiger partial charge on any atom is 0.146 e. The molecule has 2 nitrogen and oxygen atoms in total. The van der Waals surface area contributed by atoms with Gasteiger partial charge in [0.15, 0.2) is 0 Å². The molecular formula is C15H21FN2. The average molecular weight is 248 g/mol. The minimum Gasteiger partial charge on any atom is -0.382 e. The molecule has 0 aliphatic carbocycles. The lowest BCUT2D eigenvalue weighted by Crippen LogP contribution is -2.46. The summed E-state index contributed by atoms with van der Waals surface area (Å²) in [5.74, 6) is -0.101. The highest BCUT2D eigenvalue weighted by Gasteiger charge is 2.42. The molecule has 0 amide bonds. The van der Waals surface area contributed by atoms with Gasteiger partial charge in [0.2, 0.25) is 0 Å². The molecule has 1 fully saturated rings. The lowest BCUT2D eigenvalue weighted by molar-refractivity contribution is 0.137. The molecule has 98 valence electrons. The summed E-state index contributed by atoms with van der Waals surface area (Å²) in [4.78, 5) is 2.52. The largest absolute Gasteiger partial charge is 0.382 e. The van der Waals surface area contributed by atoms with Crippen LogP contribution in [0.25, 0.3) is 0 Å². The smallest absolute Gasteiger partial charge is 0.146 e. The zero-order valence-electron chi connectivity index (χ0n) is 11.2. The maximum atomic E-state index is 13.8. The number of halogens is 1. The summed E-state index contributed by atoms with van der Waals surface area (Å²) < 4.78 is 13.8. The zero-order valence-corrected chi connectivity index (χ0v) is 11.2. The van der Waals surface area contributed by atoms with Crippen molar-refractivity contribution in [2.24, 2.45) is 0 Å². The number of para-hydroxylation sites is 1. The third-order valence-corrected chi connectivity index (χ3v) is 4.67. The minimum atomic E-state index is -0.101. The summed E-state index contributed by atoms with van der Waals surface area (Å²) in [5.41, 5.74) is 2.12. The molecule has 0 radical (unpaired) electrons. The number of hydrogen-bond donors (Lipinski definition) is 1. The van der Waals surface area contributed by atoms with E-state index in [-0.39, 0.29) is 11.2 Å². The predicted octanol–water partition coefficient (Wildman–Crippen LogP) is 2.99. The Morgan fingerprint density at radius 2 is 2.00 bits per heavy atom. The minimum absolute atomic E-state index is 0.101. The van der Waals surface area contributed by atoms with Gasteiger partial charge in [0.25, 0.3) is 0 Å². The average Bonchev–Trinajstić information content (AvgIpc) is 2.71. The van der Waals surface area contributed by atoms with Crippen molar-refractivity contribution in [3.8, 4) is 0 Å². The first-order valence-corrected chi connectivity index (χ1v) is 6.89. The lowest BCUT2D eigenvalue weighted by atomic mass is 9.74. The van der Waals surface area contributed by atoms with Gasteiger partial charge >= 0.3 is 0 Å². The van der Waals surface area contributed by atoms with Crippen molar-refractivity contribution in [1.82, 2.24) is 4.90 Å². The van der Waals surface area contributed by atoms with Gasteiger partial charge in [0.05, 0.1) is 5.69 Å². The Morgan fingerprint density at radius 1 is 1.28 bits per heavy atom. The van der Waals surface area contributed by atoms with E-state index in [9.17, 15) is 4.39 Å². The van der Waals surface area contributed by atoms with Crippen LogP contribution in [0.5, 0.6) is 0 Å². The number of likely N-dealkylation sites (tertiary alicyclic amines) is 1. The predicted molar refractivity (Wildman–Crippen MR) is 72.5 cm³/mol. The molecule has 0 saturated carbocycles. The molecule has 3 heteroatoms. The number of fused-ring (bicyclic) bond motifs is 2. The van der Waals surface area contributed by atoms with E-state index >= 15 is 0 Å². The van der Waals surface area contributed by atoms with Crippen molar-refractivity contribution in [3.05, 3.63) is 29.6 Å². The fraction of sp³-hybridized carbons (Fsp3) is 0.600. The summed E-state index contributed by atoms with van der Waals surface area (Å²) in [6.07, 6.45) is 2.27. The molecular weight excluding hydrogens is 227 g/mol. The van der Waals surface area contributed by atoms with Gasteiger partial charge in [-0.2, -0.15) is 0 Å². The van der Waals surface area contributed by atoms with Crippen LogP contribution in [0.2, 0.25) is 0 Å². The Morgan fingerprint density at radius 3 is 2.67 bits per heavy atom. The fourth-order valence-corrected chi connectivity index (χ4v) is 3.41. The van der Waals surface area contributed by atoms with Gasteiger partial charge in [-0.25, -0.2) is 4.39 Å². The van der Waals surface area contributed by atoms with Gasteiger partial charge in [-0.05, 0) is 51.4 Å². The molecule has 1 aromatic rings. The molecule has 0 unspecified atom stereocenters. The molecule has 2 aliphatic rings. The third-order valence-electron chi connectivity index (χ3n) is 4.67. The zero-order chi connectivity index (χ0) is 12.8. The second-order valence-corrected chi connectivity index (χ2v) is 5.93. The van der Waals surface area contributed by atoms with E-state index in [0.717, 1.165) is 38.2 Å². The number of rotatable bonds is 1. The maximum absolute atomic E-state index is 13.8. The number of nitrogens with zero attached hydrogens (tertiary/aromatic N) is 1. The van der Waals surface area contributed by atoms with Gasteiger partial charge in [-0.15, -0.1) is 0 Å². The summed E-state index contributed by atoms with van der Waals surface area (Å²) in [5, 5.41) is 3.28. The summed E-state index contributed by atoms with van der Waals surface area (Å²) >= 11 is 0. The number of anilines is 1. The van der Waals surface area contributed by atoms with E-state index in [4.69, 9.17) is 0 Å². The Hall–Kier alpha value is -1.09. The van der Waals surface area contributed by atoms with Crippen molar-refractivity contribution in [2.45, 2.75) is 38.1 Å². The van der Waals surface area contributed by atoms with E-state index in [1.54, 1.807) is 6.07 Å². The highest BCUT2D eigenvalue weighted by molar-refractivity contribution is 5.61. The van der Waals surface area contributed by atoms with E-state index < -0.39 is 0 Å². The molecule has 0 aromatic heterocycles. The highest BCUT2D eigenvalue weighted by atomic mass is 19.1. The van der Waals surface area contributed by atoms with Crippen LogP contribution in [-0.4, -0.2) is 30.6 Å². The number of benzene rings is 1. The van der Waals surface area contributed by atoms with Gasteiger partial charge in [0, 0.05) is 18.0 Å². The first-order chi connectivity index (χ1) is 8.62. The van der Waals surface area contributed by atoms with E-state index in [2.05, 4.69) is 30.1 Å². The molecule has 3 rings (SSSR count). The molecule has 1 saturated heterocycles. The van der Waals surface area contributed by atoms with Crippen molar-refractivity contribution in [1.29, 1.82) is 0 Å². The SMILES string of the molecule is CC(C)N1CCC2(CC1)CNc1c(F)cccc12. The van der Waals surface area contributed by atoms with Crippen LogP contribution in [0.4, 0.5) is 10.1 Å². The number of piperidine rings is 1. The van der Waals surface area contributed by atoms with E-state index in [1.807, 2.05) is 6.07 Å². The van der Waals surface area contributed by atoms with Crippen molar-refractivity contribution in [3.63, 3.8) is 0 Å². The molecule has 2 aliphatic heterocycles. The molecule has 0 atom stereocenters. The third kappa shape index (κ3) is 1.72. The van der Waals surface area contributed by atoms with E-state index in [0.29, 0.717) is 6.04 Å². The Kier molecular flexibility index (Phi) is 2.81. The Balaban J connectivity index is 1.86. The second-order valence-electron chi connectivity index (χ2n) is 5.93. The van der Waals surface area contributed by atoms with E-state index in [1.165, 1.54) is 5.56 Å². The van der Waals surface area contributed by atoms with Crippen LogP contribution in [0, 0.1) is 5.82 Å². The highest BCUT2D eigenvalue weighted by Crippen LogP contribution is 2.44. The quantitative estimate of drug-likeness (QED) is 0.822. The van der Waals surface area contributed by atoms with Crippen LogP contribution >= 0.6 is 0 Å². The first kappa shape index (κ1) is 12.0. The monoisotopic (exact) mass is 248 g/mol. The summed E-state index contributed by atoms with van der Waals surface area (Å²) in [6, 6.07) is 6.11. The topological polar surface area (TPSA) is 15.3 Å².